The molecule has 0 fully saturated rings. The summed E-state index contributed by atoms with van der Waals surface area (Å²) in [5, 5.41) is 2.70. The Morgan fingerprint density at radius 2 is 0.886 bits per heavy atom. The van der Waals surface area contributed by atoms with E-state index in [-0.39, 0.29) is 12.6 Å². The van der Waals surface area contributed by atoms with Crippen molar-refractivity contribution < 1.29 is 28.6 Å². The number of hydrogen-bond acceptors (Lipinski definition) is 6. The second-order valence-electron chi connectivity index (χ2n) is 12.5. The molecule has 0 saturated carbocycles. The molecule has 1 unspecified atom stereocenters. The highest BCUT2D eigenvalue weighted by Gasteiger charge is 2.22. The molecule has 1 atom stereocenters. The van der Waals surface area contributed by atoms with E-state index in [1.165, 1.54) is 103 Å². The van der Waals surface area contributed by atoms with E-state index in [1.807, 2.05) is 0 Å². The van der Waals surface area contributed by atoms with Gasteiger partial charge < -0.3 is 19.5 Å². The van der Waals surface area contributed by atoms with Crippen LogP contribution in [-0.2, 0) is 23.8 Å². The van der Waals surface area contributed by atoms with E-state index >= 15 is 0 Å². The van der Waals surface area contributed by atoms with Gasteiger partial charge in [-0.1, -0.05) is 155 Å². The molecule has 7 nitrogen and oxygen atoms in total. The Labute approximate surface area is 271 Å². The van der Waals surface area contributed by atoms with E-state index < -0.39 is 18.1 Å². The fourth-order valence-electron chi connectivity index (χ4n) is 5.43. The third-order valence-electron chi connectivity index (χ3n) is 8.23. The van der Waals surface area contributed by atoms with Gasteiger partial charge in [0.15, 0.2) is 0 Å². The van der Waals surface area contributed by atoms with Crippen LogP contribution in [0, 0.1) is 0 Å². The van der Waals surface area contributed by atoms with E-state index in [2.05, 4.69) is 19.2 Å². The number of hydrogen-bond donors (Lipinski definition) is 1. The molecule has 0 aromatic rings. The Morgan fingerprint density at radius 3 is 1.36 bits per heavy atom. The molecule has 7 heteroatoms. The summed E-state index contributed by atoms with van der Waals surface area (Å²) < 4.78 is 15.9. The monoisotopic (exact) mass is 626 g/mol. The maximum Gasteiger partial charge on any atom is 0.407 e. The highest BCUT2D eigenvalue weighted by Crippen LogP contribution is 2.13. The van der Waals surface area contributed by atoms with Crippen molar-refractivity contribution in [1.82, 2.24) is 5.32 Å². The highest BCUT2D eigenvalue weighted by atomic mass is 16.6. The van der Waals surface area contributed by atoms with Gasteiger partial charge in [-0.15, -0.1) is 0 Å². The molecule has 0 aliphatic rings. The number of amides is 1. The average molecular weight is 626 g/mol. The van der Waals surface area contributed by atoms with Gasteiger partial charge in [0, 0.05) is 6.42 Å². The molecule has 0 saturated heterocycles. The van der Waals surface area contributed by atoms with E-state index in [9.17, 15) is 14.4 Å². The second kappa shape index (κ2) is 34.1. The van der Waals surface area contributed by atoms with Crippen molar-refractivity contribution in [3.63, 3.8) is 0 Å². The summed E-state index contributed by atoms with van der Waals surface area (Å²) in [5.41, 5.74) is 0. The van der Waals surface area contributed by atoms with Crippen LogP contribution in [0.5, 0.6) is 0 Å². The van der Waals surface area contributed by atoms with Crippen molar-refractivity contribution in [2.45, 2.75) is 200 Å². The minimum Gasteiger partial charge on any atom is -0.466 e. The SMILES string of the molecule is CCCCCCCCCCCCOC(=O)CCCCCCCC(NC(=O)OCCCCCCCCCCCC)C(=O)OCC. The zero-order chi connectivity index (χ0) is 32.4. The number of carbonyl (C=O) groups excluding carboxylic acids is 3. The van der Waals surface area contributed by atoms with E-state index in [4.69, 9.17) is 14.2 Å². The zero-order valence-corrected chi connectivity index (χ0v) is 29.2. The first-order valence-electron chi connectivity index (χ1n) is 18.8. The molecule has 0 aliphatic carbocycles. The first kappa shape index (κ1) is 42.2. The molecule has 44 heavy (non-hydrogen) atoms. The normalized spacial score (nSPS) is 11.7. The van der Waals surface area contributed by atoms with Gasteiger partial charge in [0.1, 0.15) is 6.04 Å². The van der Waals surface area contributed by atoms with Crippen LogP contribution in [0.3, 0.4) is 0 Å². The van der Waals surface area contributed by atoms with Crippen LogP contribution < -0.4 is 5.32 Å². The Morgan fingerprint density at radius 1 is 0.477 bits per heavy atom. The fourth-order valence-corrected chi connectivity index (χ4v) is 5.43. The molecule has 0 rings (SSSR count). The number of carbonyl (C=O) groups is 3. The molecule has 1 amide bonds. The predicted molar refractivity (Wildman–Crippen MR) is 182 cm³/mol. The molecule has 260 valence electrons. The summed E-state index contributed by atoms with van der Waals surface area (Å²) in [7, 11) is 0. The lowest BCUT2D eigenvalue weighted by atomic mass is 10.1. The van der Waals surface area contributed by atoms with Crippen molar-refractivity contribution in [3.05, 3.63) is 0 Å². The number of alkyl carbamates (subject to hydrolysis) is 1. The summed E-state index contributed by atoms with van der Waals surface area (Å²) in [5.74, 6) is -0.502. The summed E-state index contributed by atoms with van der Waals surface area (Å²) in [6, 6.07) is -0.684. The molecule has 0 spiro atoms. The zero-order valence-electron chi connectivity index (χ0n) is 29.2. The van der Waals surface area contributed by atoms with Crippen LogP contribution in [-0.4, -0.2) is 43.9 Å². The standard InChI is InChI=1S/C37H71NO6/c1-4-7-9-11-13-15-17-19-24-28-32-43-35(39)31-27-23-21-22-26-30-34(36(40)42-6-3)38-37(41)44-33-29-25-20-18-16-14-12-10-8-5-2/h34H,4-33H2,1-3H3,(H,38,41). The molecule has 0 aromatic heterocycles. The van der Waals surface area contributed by atoms with E-state index in [0.717, 1.165) is 57.8 Å². The van der Waals surface area contributed by atoms with Gasteiger partial charge in [0.05, 0.1) is 19.8 Å². The van der Waals surface area contributed by atoms with Crippen molar-refractivity contribution >= 4 is 18.0 Å². The molecule has 0 heterocycles. The van der Waals surface area contributed by atoms with Crippen LogP contribution >= 0.6 is 0 Å². The van der Waals surface area contributed by atoms with E-state index in [0.29, 0.717) is 26.1 Å². The largest absolute Gasteiger partial charge is 0.466 e. The van der Waals surface area contributed by atoms with Crippen molar-refractivity contribution in [3.8, 4) is 0 Å². The van der Waals surface area contributed by atoms with Crippen LogP contribution in [0.1, 0.15) is 194 Å². The summed E-state index contributed by atoms with van der Waals surface area (Å²) in [6.07, 6.45) is 29.9. The lowest BCUT2D eigenvalue weighted by Gasteiger charge is -2.17. The number of nitrogens with one attached hydrogen (secondary N) is 1. The van der Waals surface area contributed by atoms with Gasteiger partial charge in [0.25, 0.3) is 0 Å². The highest BCUT2D eigenvalue weighted by molar-refractivity contribution is 5.81. The Bertz CT molecular complexity index is 656. The third kappa shape index (κ3) is 30.2. The van der Waals surface area contributed by atoms with Crippen molar-refractivity contribution in [2.24, 2.45) is 0 Å². The van der Waals surface area contributed by atoms with Crippen molar-refractivity contribution in [1.29, 1.82) is 0 Å². The van der Waals surface area contributed by atoms with Crippen LogP contribution in [0.15, 0.2) is 0 Å². The summed E-state index contributed by atoms with van der Waals surface area (Å²) in [4.78, 5) is 36.6. The lowest BCUT2D eigenvalue weighted by molar-refractivity contribution is -0.146. The average Bonchev–Trinajstić information content (AvgIpc) is 3.01. The Balaban J connectivity index is 3.80. The number of unbranched alkanes of at least 4 members (excludes halogenated alkanes) is 22. The van der Waals surface area contributed by atoms with E-state index in [1.54, 1.807) is 6.92 Å². The lowest BCUT2D eigenvalue weighted by Crippen LogP contribution is -2.42. The smallest absolute Gasteiger partial charge is 0.407 e. The Hall–Kier alpha value is -1.79. The fraction of sp³-hybridized carbons (Fsp3) is 0.919. The molecular weight excluding hydrogens is 554 g/mol. The van der Waals surface area contributed by atoms with Gasteiger partial charge >= 0.3 is 18.0 Å². The van der Waals surface area contributed by atoms with Crippen LogP contribution in [0.2, 0.25) is 0 Å². The second-order valence-corrected chi connectivity index (χ2v) is 12.5. The molecular formula is C37H71NO6. The molecule has 0 aromatic carbocycles. The van der Waals surface area contributed by atoms with Gasteiger partial charge in [0.2, 0.25) is 0 Å². The van der Waals surface area contributed by atoms with Gasteiger partial charge in [-0.25, -0.2) is 9.59 Å². The molecule has 0 radical (unpaired) electrons. The third-order valence-corrected chi connectivity index (χ3v) is 8.23. The van der Waals surface area contributed by atoms with Gasteiger partial charge in [-0.3, -0.25) is 4.79 Å². The predicted octanol–water partition coefficient (Wildman–Crippen LogP) is 10.8. The first-order chi connectivity index (χ1) is 21.5. The summed E-state index contributed by atoms with van der Waals surface area (Å²) in [6.45, 7) is 7.45. The number of ether oxygens (including phenoxy) is 3. The van der Waals surface area contributed by atoms with Crippen molar-refractivity contribution in [2.75, 3.05) is 19.8 Å². The van der Waals surface area contributed by atoms with Gasteiger partial charge in [-0.2, -0.15) is 0 Å². The maximum atomic E-state index is 12.4. The van der Waals surface area contributed by atoms with Gasteiger partial charge in [-0.05, 0) is 32.6 Å². The quantitative estimate of drug-likeness (QED) is 0.0443. The molecule has 0 aliphatic heterocycles. The summed E-state index contributed by atoms with van der Waals surface area (Å²) >= 11 is 0. The molecule has 1 N–H and O–H groups in total. The van der Waals surface area contributed by atoms with Crippen LogP contribution in [0.4, 0.5) is 4.79 Å². The number of rotatable bonds is 33. The van der Waals surface area contributed by atoms with Crippen LogP contribution in [0.25, 0.3) is 0 Å². The topological polar surface area (TPSA) is 90.9 Å². The minimum absolute atomic E-state index is 0.0937. The maximum absolute atomic E-state index is 12.4. The minimum atomic E-state index is -0.684. The molecule has 0 bridgehead atoms. The first-order valence-corrected chi connectivity index (χ1v) is 18.8. The Kier molecular flexibility index (Phi) is 32.7. The number of esters is 2.